The maximum Gasteiger partial charge on any atom is 0.225 e. The van der Waals surface area contributed by atoms with Gasteiger partial charge in [-0.2, -0.15) is 0 Å². The van der Waals surface area contributed by atoms with Crippen LogP contribution in [0.5, 0.6) is 5.75 Å². The van der Waals surface area contributed by atoms with Gasteiger partial charge in [0.1, 0.15) is 5.75 Å². The van der Waals surface area contributed by atoms with Crippen LogP contribution < -0.4 is 4.74 Å². The number of amides is 1. The Labute approximate surface area is 144 Å². The normalized spacial score (nSPS) is 21.8. The molecule has 1 amide bonds. The molecule has 24 heavy (non-hydrogen) atoms. The van der Waals surface area contributed by atoms with Gasteiger partial charge in [0.2, 0.25) is 5.91 Å². The first-order valence-electron chi connectivity index (χ1n) is 9.55. The van der Waals surface area contributed by atoms with Crippen molar-refractivity contribution in [2.24, 2.45) is 5.92 Å². The summed E-state index contributed by atoms with van der Waals surface area (Å²) in [6, 6.07) is 6.64. The van der Waals surface area contributed by atoms with Crippen LogP contribution >= 0.6 is 0 Å². The van der Waals surface area contributed by atoms with E-state index in [9.17, 15) is 4.79 Å². The van der Waals surface area contributed by atoms with Crippen molar-refractivity contribution in [1.29, 1.82) is 0 Å². The largest absolute Gasteiger partial charge is 0.493 e. The molecule has 3 aliphatic rings. The molecule has 130 valence electrons. The van der Waals surface area contributed by atoms with Crippen LogP contribution in [0, 0.1) is 5.92 Å². The predicted octanol–water partition coefficient (Wildman–Crippen LogP) is 2.50. The lowest BCUT2D eigenvalue weighted by Gasteiger charge is -2.31. The van der Waals surface area contributed by atoms with Crippen molar-refractivity contribution in [2.75, 3.05) is 39.3 Å². The fraction of sp³-hybridized carbons (Fsp3) is 0.650. The Morgan fingerprint density at radius 3 is 2.88 bits per heavy atom. The predicted molar refractivity (Wildman–Crippen MR) is 94.3 cm³/mol. The van der Waals surface area contributed by atoms with Gasteiger partial charge in [-0.15, -0.1) is 0 Å². The first-order chi connectivity index (χ1) is 11.8. The highest BCUT2D eigenvalue weighted by atomic mass is 16.5. The van der Waals surface area contributed by atoms with E-state index in [1.54, 1.807) is 0 Å². The smallest absolute Gasteiger partial charge is 0.225 e. The van der Waals surface area contributed by atoms with Crippen molar-refractivity contribution < 1.29 is 9.53 Å². The Balaban J connectivity index is 1.27. The molecule has 0 radical (unpaired) electrons. The summed E-state index contributed by atoms with van der Waals surface area (Å²) in [5.41, 5.74) is 2.77. The van der Waals surface area contributed by atoms with E-state index in [4.69, 9.17) is 4.74 Å². The van der Waals surface area contributed by atoms with Crippen LogP contribution in [0.3, 0.4) is 0 Å². The van der Waals surface area contributed by atoms with Crippen molar-refractivity contribution in [3.8, 4) is 5.75 Å². The quantitative estimate of drug-likeness (QED) is 0.851. The van der Waals surface area contributed by atoms with E-state index in [1.165, 1.54) is 17.5 Å². The summed E-state index contributed by atoms with van der Waals surface area (Å²) in [5, 5.41) is 0. The van der Waals surface area contributed by atoms with Crippen molar-refractivity contribution >= 4 is 5.91 Å². The second-order valence-electron chi connectivity index (χ2n) is 7.44. The zero-order valence-corrected chi connectivity index (χ0v) is 14.5. The summed E-state index contributed by atoms with van der Waals surface area (Å²) in [5.74, 6) is 1.82. The highest BCUT2D eigenvalue weighted by molar-refractivity contribution is 5.79. The minimum atomic E-state index is 0.338. The fourth-order valence-corrected chi connectivity index (χ4v) is 4.01. The number of fused-ring (bicyclic) bond motifs is 1. The average molecular weight is 328 g/mol. The van der Waals surface area contributed by atoms with Gasteiger partial charge in [-0.25, -0.2) is 0 Å². The van der Waals surface area contributed by atoms with Gasteiger partial charge in [-0.05, 0) is 49.4 Å². The van der Waals surface area contributed by atoms with E-state index < -0.39 is 0 Å². The molecule has 2 heterocycles. The number of hydrogen-bond acceptors (Lipinski definition) is 3. The Kier molecular flexibility index (Phi) is 4.74. The molecule has 1 aliphatic carbocycles. The average Bonchev–Trinajstić information content (AvgIpc) is 2.87. The van der Waals surface area contributed by atoms with E-state index in [1.807, 2.05) is 0 Å². The molecule has 2 aliphatic heterocycles. The Bertz CT molecular complexity index is 597. The van der Waals surface area contributed by atoms with Crippen molar-refractivity contribution in [1.82, 2.24) is 9.80 Å². The highest BCUT2D eigenvalue weighted by Gasteiger charge is 2.30. The maximum atomic E-state index is 12.4. The van der Waals surface area contributed by atoms with E-state index in [0.717, 1.165) is 77.2 Å². The standard InChI is InChI=1S/C20H28N2O2/c23-20(17-3-1-4-17)22-10-2-9-21(12-13-22)11-7-16-5-6-19-18(15-16)8-14-24-19/h5-6,15,17H,1-4,7-14H2. The lowest BCUT2D eigenvalue weighted by atomic mass is 9.84. The Morgan fingerprint density at radius 1 is 1.12 bits per heavy atom. The van der Waals surface area contributed by atoms with Crippen molar-refractivity contribution in [3.05, 3.63) is 29.3 Å². The highest BCUT2D eigenvalue weighted by Crippen LogP contribution is 2.29. The number of carbonyl (C=O) groups excluding carboxylic acids is 1. The number of nitrogens with zero attached hydrogens (tertiary/aromatic N) is 2. The van der Waals surface area contributed by atoms with Gasteiger partial charge in [-0.1, -0.05) is 18.6 Å². The van der Waals surface area contributed by atoms with Gasteiger partial charge in [-0.3, -0.25) is 4.79 Å². The molecule has 4 rings (SSSR count). The molecule has 4 nitrogen and oxygen atoms in total. The van der Waals surface area contributed by atoms with Gasteiger partial charge in [0.25, 0.3) is 0 Å². The first kappa shape index (κ1) is 15.9. The minimum Gasteiger partial charge on any atom is -0.493 e. The second kappa shape index (κ2) is 7.14. The van der Waals surface area contributed by atoms with Gasteiger partial charge in [0, 0.05) is 38.5 Å². The molecule has 4 heteroatoms. The number of hydrogen-bond donors (Lipinski definition) is 0. The van der Waals surface area contributed by atoms with Crippen LogP contribution in [0.25, 0.3) is 0 Å². The lowest BCUT2D eigenvalue weighted by molar-refractivity contribution is -0.138. The number of carbonyl (C=O) groups is 1. The summed E-state index contributed by atoms with van der Waals surface area (Å²) in [4.78, 5) is 17.1. The van der Waals surface area contributed by atoms with Crippen LogP contribution in [0.2, 0.25) is 0 Å². The molecule has 1 saturated carbocycles. The molecule has 0 aromatic heterocycles. The van der Waals surface area contributed by atoms with Crippen molar-refractivity contribution in [2.45, 2.75) is 38.5 Å². The maximum absolute atomic E-state index is 12.4. The summed E-state index contributed by atoms with van der Waals surface area (Å²) >= 11 is 0. The molecule has 0 unspecified atom stereocenters. The van der Waals surface area contributed by atoms with Crippen molar-refractivity contribution in [3.63, 3.8) is 0 Å². The van der Waals surface area contributed by atoms with Crippen LogP contribution in [0.15, 0.2) is 18.2 Å². The molecule has 0 N–H and O–H groups in total. The van der Waals surface area contributed by atoms with Gasteiger partial charge < -0.3 is 14.5 Å². The third kappa shape index (κ3) is 3.44. The molecular formula is C20H28N2O2. The summed E-state index contributed by atoms with van der Waals surface area (Å²) < 4.78 is 5.58. The minimum absolute atomic E-state index is 0.338. The zero-order valence-electron chi connectivity index (χ0n) is 14.5. The first-order valence-corrected chi connectivity index (χ1v) is 9.55. The number of benzene rings is 1. The van der Waals surface area contributed by atoms with Gasteiger partial charge in [0.05, 0.1) is 6.61 Å². The fourth-order valence-electron chi connectivity index (χ4n) is 4.01. The molecule has 1 aromatic rings. The Hall–Kier alpha value is -1.55. The third-order valence-corrected chi connectivity index (χ3v) is 5.83. The number of ether oxygens (including phenoxy) is 1. The van der Waals surface area contributed by atoms with E-state index >= 15 is 0 Å². The van der Waals surface area contributed by atoms with E-state index in [0.29, 0.717) is 11.8 Å². The molecule has 1 saturated heterocycles. The van der Waals surface area contributed by atoms with Crippen LogP contribution in [0.1, 0.15) is 36.8 Å². The molecule has 2 fully saturated rings. The Morgan fingerprint density at radius 2 is 2.04 bits per heavy atom. The monoisotopic (exact) mass is 328 g/mol. The molecule has 0 spiro atoms. The van der Waals surface area contributed by atoms with E-state index in [-0.39, 0.29) is 0 Å². The molecule has 0 atom stereocenters. The van der Waals surface area contributed by atoms with E-state index in [2.05, 4.69) is 28.0 Å². The summed E-state index contributed by atoms with van der Waals surface area (Å²) in [6.07, 6.45) is 6.70. The molecule has 1 aromatic carbocycles. The van der Waals surface area contributed by atoms with Crippen LogP contribution in [0.4, 0.5) is 0 Å². The third-order valence-electron chi connectivity index (χ3n) is 5.83. The second-order valence-corrected chi connectivity index (χ2v) is 7.44. The lowest BCUT2D eigenvalue weighted by Crippen LogP contribution is -2.41. The van der Waals surface area contributed by atoms with Gasteiger partial charge in [0.15, 0.2) is 0 Å². The zero-order chi connectivity index (χ0) is 16.4. The summed E-state index contributed by atoms with van der Waals surface area (Å²) in [7, 11) is 0. The topological polar surface area (TPSA) is 32.8 Å². The summed E-state index contributed by atoms with van der Waals surface area (Å²) in [6.45, 7) is 5.91. The van der Waals surface area contributed by atoms with Crippen LogP contribution in [-0.2, 0) is 17.6 Å². The SMILES string of the molecule is O=C(C1CCC1)N1CCCN(CCc2ccc3c(c2)CCO3)CC1. The molecular weight excluding hydrogens is 300 g/mol. The van der Waals surface area contributed by atoms with Crippen LogP contribution in [-0.4, -0.2) is 55.0 Å². The number of rotatable bonds is 4. The van der Waals surface area contributed by atoms with Gasteiger partial charge >= 0.3 is 0 Å². The molecule has 0 bridgehead atoms.